The van der Waals surface area contributed by atoms with E-state index in [0.717, 1.165) is 32.5 Å². The molecule has 1 amide bonds. The lowest BCUT2D eigenvalue weighted by atomic mass is 10.1. The summed E-state index contributed by atoms with van der Waals surface area (Å²) in [6.45, 7) is 4.95. The summed E-state index contributed by atoms with van der Waals surface area (Å²) >= 11 is 0. The number of fused-ring (bicyclic) bond motifs is 1. The highest BCUT2D eigenvalue weighted by molar-refractivity contribution is 5.95. The fourth-order valence-corrected chi connectivity index (χ4v) is 2.94. The van der Waals surface area contributed by atoms with Crippen LogP contribution in [0.3, 0.4) is 0 Å². The van der Waals surface area contributed by atoms with Crippen molar-refractivity contribution in [3.8, 4) is 11.5 Å². The lowest BCUT2D eigenvalue weighted by Crippen LogP contribution is -2.41. The van der Waals surface area contributed by atoms with Crippen molar-refractivity contribution in [2.45, 2.75) is 32.2 Å². The number of benzene rings is 1. The van der Waals surface area contributed by atoms with Crippen LogP contribution in [0, 0.1) is 0 Å². The Morgan fingerprint density at radius 3 is 3.00 bits per heavy atom. The summed E-state index contributed by atoms with van der Waals surface area (Å²) in [5.74, 6) is 1.45. The first-order chi connectivity index (χ1) is 10.3. The zero-order valence-electron chi connectivity index (χ0n) is 12.4. The molecule has 21 heavy (non-hydrogen) atoms. The molecule has 1 unspecified atom stereocenters. The first-order valence-electron chi connectivity index (χ1n) is 7.70. The van der Waals surface area contributed by atoms with Gasteiger partial charge in [0, 0.05) is 24.7 Å². The molecular weight excluding hydrogens is 268 g/mol. The third kappa shape index (κ3) is 3.13. The van der Waals surface area contributed by atoms with E-state index < -0.39 is 0 Å². The third-order valence-electron chi connectivity index (χ3n) is 4.00. The van der Waals surface area contributed by atoms with E-state index >= 15 is 0 Å². The van der Waals surface area contributed by atoms with Crippen LogP contribution in [-0.4, -0.2) is 43.3 Å². The lowest BCUT2D eigenvalue weighted by Gasteiger charge is -2.25. The van der Waals surface area contributed by atoms with Gasteiger partial charge in [-0.3, -0.25) is 4.79 Å². The van der Waals surface area contributed by atoms with Crippen molar-refractivity contribution >= 4 is 5.91 Å². The summed E-state index contributed by atoms with van der Waals surface area (Å²) in [6, 6.07) is 5.85. The van der Waals surface area contributed by atoms with Gasteiger partial charge in [0.15, 0.2) is 11.5 Å². The highest BCUT2D eigenvalue weighted by Crippen LogP contribution is 2.32. The second-order valence-corrected chi connectivity index (χ2v) is 5.61. The Morgan fingerprint density at radius 2 is 2.24 bits per heavy atom. The van der Waals surface area contributed by atoms with Crippen LogP contribution in [0.15, 0.2) is 18.2 Å². The minimum absolute atomic E-state index is 0.0730. The number of hydrogen-bond donors (Lipinski definition) is 1. The molecule has 114 valence electrons. The van der Waals surface area contributed by atoms with Gasteiger partial charge in [-0.15, -0.1) is 0 Å². The minimum Gasteiger partial charge on any atom is -0.454 e. The van der Waals surface area contributed by atoms with Crippen molar-refractivity contribution in [1.29, 1.82) is 0 Å². The van der Waals surface area contributed by atoms with Gasteiger partial charge in [0.1, 0.15) is 0 Å². The molecule has 5 heteroatoms. The second-order valence-electron chi connectivity index (χ2n) is 5.61. The molecule has 1 saturated heterocycles. The molecule has 3 rings (SSSR count). The highest BCUT2D eigenvalue weighted by Gasteiger charge is 2.23. The summed E-state index contributed by atoms with van der Waals surface area (Å²) in [5.41, 5.74) is 0.672. The quantitative estimate of drug-likeness (QED) is 0.901. The number of amides is 1. The molecule has 2 heterocycles. The van der Waals surface area contributed by atoms with Crippen LogP contribution < -0.4 is 14.8 Å². The highest BCUT2D eigenvalue weighted by atomic mass is 16.7. The normalized spacial score (nSPS) is 19.8. The number of hydrogen-bond acceptors (Lipinski definition) is 4. The molecule has 0 saturated carbocycles. The van der Waals surface area contributed by atoms with Gasteiger partial charge < -0.3 is 19.7 Å². The van der Waals surface area contributed by atoms with Gasteiger partial charge in [0.2, 0.25) is 6.79 Å². The molecule has 0 aromatic heterocycles. The molecule has 0 spiro atoms. The fourth-order valence-electron chi connectivity index (χ4n) is 2.94. The van der Waals surface area contributed by atoms with Crippen molar-refractivity contribution in [2.24, 2.45) is 0 Å². The van der Waals surface area contributed by atoms with Gasteiger partial charge >= 0.3 is 0 Å². The Hall–Kier alpha value is -1.75. The molecule has 1 atom stereocenters. The molecule has 2 aliphatic heterocycles. The van der Waals surface area contributed by atoms with Crippen molar-refractivity contribution in [2.75, 3.05) is 26.4 Å². The van der Waals surface area contributed by atoms with Crippen molar-refractivity contribution in [1.82, 2.24) is 10.2 Å². The summed E-state index contributed by atoms with van der Waals surface area (Å²) in [5, 5.41) is 3.45. The molecule has 1 aromatic carbocycles. The summed E-state index contributed by atoms with van der Waals surface area (Å²) in [7, 11) is 0. The van der Waals surface area contributed by atoms with Gasteiger partial charge in [0.25, 0.3) is 5.91 Å². The molecule has 1 fully saturated rings. The Bertz CT molecular complexity index is 512. The van der Waals surface area contributed by atoms with E-state index in [0.29, 0.717) is 23.1 Å². The van der Waals surface area contributed by atoms with Crippen molar-refractivity contribution in [3.63, 3.8) is 0 Å². The smallest absolute Gasteiger partial charge is 0.254 e. The van der Waals surface area contributed by atoms with Crippen LogP contribution >= 0.6 is 0 Å². The van der Waals surface area contributed by atoms with Crippen LogP contribution in [0.25, 0.3) is 0 Å². The Labute approximate surface area is 125 Å². The van der Waals surface area contributed by atoms with Crippen LogP contribution in [0.4, 0.5) is 0 Å². The van der Waals surface area contributed by atoms with Crippen LogP contribution in [0.5, 0.6) is 11.5 Å². The molecule has 5 nitrogen and oxygen atoms in total. The predicted molar refractivity (Wildman–Crippen MR) is 79.8 cm³/mol. The number of carbonyl (C=O) groups is 1. The van der Waals surface area contributed by atoms with Crippen molar-refractivity contribution in [3.05, 3.63) is 23.8 Å². The molecular formula is C16H22N2O3. The number of ether oxygens (including phenoxy) is 2. The number of nitrogens with zero attached hydrogens (tertiary/aromatic N) is 1. The first kappa shape index (κ1) is 14.2. The molecule has 0 radical (unpaired) electrons. The molecule has 0 aliphatic carbocycles. The summed E-state index contributed by atoms with van der Waals surface area (Å²) < 4.78 is 10.6. The van der Waals surface area contributed by atoms with E-state index in [-0.39, 0.29) is 12.7 Å². The Morgan fingerprint density at radius 1 is 1.38 bits per heavy atom. The topological polar surface area (TPSA) is 50.8 Å². The first-order valence-corrected chi connectivity index (χ1v) is 7.70. The maximum atomic E-state index is 12.7. The van der Waals surface area contributed by atoms with Gasteiger partial charge in [-0.25, -0.2) is 0 Å². The van der Waals surface area contributed by atoms with E-state index in [2.05, 4.69) is 12.2 Å². The van der Waals surface area contributed by atoms with Gasteiger partial charge in [-0.05, 0) is 44.0 Å². The number of nitrogens with one attached hydrogen (secondary N) is 1. The van der Waals surface area contributed by atoms with Crippen LogP contribution in [0.2, 0.25) is 0 Å². The van der Waals surface area contributed by atoms with Crippen LogP contribution in [0.1, 0.15) is 36.5 Å². The van der Waals surface area contributed by atoms with E-state index in [1.165, 1.54) is 6.42 Å². The minimum atomic E-state index is 0.0730. The molecule has 2 aliphatic rings. The average molecular weight is 290 g/mol. The lowest BCUT2D eigenvalue weighted by molar-refractivity contribution is 0.0741. The monoisotopic (exact) mass is 290 g/mol. The number of carbonyl (C=O) groups excluding carboxylic acids is 1. The Kier molecular flexibility index (Phi) is 4.29. The van der Waals surface area contributed by atoms with E-state index in [1.54, 1.807) is 6.07 Å². The third-order valence-corrected chi connectivity index (χ3v) is 4.00. The van der Waals surface area contributed by atoms with E-state index in [9.17, 15) is 4.79 Å². The van der Waals surface area contributed by atoms with Gasteiger partial charge in [-0.1, -0.05) is 6.92 Å². The Balaban J connectivity index is 1.73. The largest absolute Gasteiger partial charge is 0.454 e. The summed E-state index contributed by atoms with van der Waals surface area (Å²) in [4.78, 5) is 14.7. The van der Waals surface area contributed by atoms with Gasteiger partial charge in [0.05, 0.1) is 0 Å². The fraction of sp³-hybridized carbons (Fsp3) is 0.562. The second kappa shape index (κ2) is 6.35. The van der Waals surface area contributed by atoms with E-state index in [1.807, 2.05) is 17.0 Å². The molecule has 1 N–H and O–H groups in total. The van der Waals surface area contributed by atoms with E-state index in [4.69, 9.17) is 9.47 Å². The molecule has 1 aromatic rings. The average Bonchev–Trinajstić information content (AvgIpc) is 3.16. The van der Waals surface area contributed by atoms with Crippen molar-refractivity contribution < 1.29 is 14.3 Å². The SMILES string of the molecule is CCCN(CC1CCCN1)C(=O)c1ccc2c(c1)OCO2. The zero-order valence-corrected chi connectivity index (χ0v) is 12.4. The predicted octanol–water partition coefficient (Wildman–Crippen LogP) is 2.02. The maximum Gasteiger partial charge on any atom is 0.254 e. The molecule has 0 bridgehead atoms. The zero-order chi connectivity index (χ0) is 14.7. The van der Waals surface area contributed by atoms with Gasteiger partial charge in [-0.2, -0.15) is 0 Å². The standard InChI is InChI=1S/C16H22N2O3/c1-2-8-18(10-13-4-3-7-17-13)16(19)12-5-6-14-15(9-12)21-11-20-14/h5-6,9,13,17H,2-4,7-8,10-11H2,1H3. The maximum absolute atomic E-state index is 12.7. The number of rotatable bonds is 5. The summed E-state index contributed by atoms with van der Waals surface area (Å²) in [6.07, 6.45) is 3.31. The van der Waals surface area contributed by atoms with Crippen LogP contribution in [-0.2, 0) is 0 Å².